The molecule has 0 bridgehead atoms. The maximum absolute atomic E-state index is 10.6. The van der Waals surface area contributed by atoms with Crippen molar-refractivity contribution in [1.82, 2.24) is 10.2 Å². The van der Waals surface area contributed by atoms with Crippen molar-refractivity contribution in [1.29, 1.82) is 0 Å². The smallest absolute Gasteiger partial charge is 0.475 e. The number of likely N-dealkylation sites (N-methyl/N-ethyl adjacent to an activating group) is 1. The molecule has 1 heterocycles. The van der Waals surface area contributed by atoms with Crippen LogP contribution in [0.2, 0.25) is 0 Å². The standard InChI is InChI=1S/C6H14N2.C2HF3O2/c1-6-5-7-3-4-8(6)2;3-2(4,5)1(6)7/h6-7H,3-5H2,1-2H3;(H,6,7)/t6-;/m0./s1. The zero-order valence-electron chi connectivity index (χ0n) is 8.64. The summed E-state index contributed by atoms with van der Waals surface area (Å²) in [5, 5.41) is 10.4. The minimum absolute atomic E-state index is 0.726. The number of carboxylic acid groups (broad SMARTS) is 1. The molecule has 4 nitrogen and oxygen atoms in total. The van der Waals surface area contributed by atoms with E-state index in [9.17, 15) is 13.2 Å². The number of carboxylic acids is 1. The van der Waals surface area contributed by atoms with Crippen molar-refractivity contribution >= 4 is 5.97 Å². The topological polar surface area (TPSA) is 52.6 Å². The van der Waals surface area contributed by atoms with Crippen LogP contribution in [0.3, 0.4) is 0 Å². The molecule has 1 rings (SSSR count). The van der Waals surface area contributed by atoms with Crippen molar-refractivity contribution in [2.75, 3.05) is 26.7 Å². The monoisotopic (exact) mass is 228 g/mol. The third-order valence-electron chi connectivity index (χ3n) is 2.08. The molecular formula is C8H15F3N2O2. The average Bonchev–Trinajstić information content (AvgIpc) is 2.09. The van der Waals surface area contributed by atoms with Gasteiger partial charge in [-0.25, -0.2) is 4.79 Å². The molecule has 0 aromatic rings. The van der Waals surface area contributed by atoms with Crippen LogP contribution in [0.5, 0.6) is 0 Å². The molecule has 0 amide bonds. The lowest BCUT2D eigenvalue weighted by Crippen LogP contribution is -2.47. The first-order valence-electron chi connectivity index (χ1n) is 4.46. The van der Waals surface area contributed by atoms with Gasteiger partial charge >= 0.3 is 12.1 Å². The van der Waals surface area contributed by atoms with Crippen molar-refractivity contribution in [2.45, 2.75) is 19.1 Å². The lowest BCUT2D eigenvalue weighted by molar-refractivity contribution is -0.192. The Morgan fingerprint density at radius 3 is 2.20 bits per heavy atom. The number of halogens is 3. The number of nitrogens with zero attached hydrogens (tertiary/aromatic N) is 1. The molecule has 1 atom stereocenters. The van der Waals surface area contributed by atoms with E-state index in [4.69, 9.17) is 9.90 Å². The molecule has 1 aliphatic rings. The summed E-state index contributed by atoms with van der Waals surface area (Å²) in [6.45, 7) is 5.74. The number of carbonyl (C=O) groups is 1. The van der Waals surface area contributed by atoms with Crippen LogP contribution >= 0.6 is 0 Å². The molecule has 0 aliphatic carbocycles. The van der Waals surface area contributed by atoms with Gasteiger partial charge in [0.25, 0.3) is 0 Å². The molecule has 2 N–H and O–H groups in total. The highest BCUT2D eigenvalue weighted by Gasteiger charge is 2.38. The SMILES string of the molecule is C[C@H]1CNCCN1C.O=C(O)C(F)(F)F. The number of alkyl halides is 3. The van der Waals surface area contributed by atoms with E-state index in [2.05, 4.69) is 24.2 Å². The molecule has 1 aliphatic heterocycles. The third-order valence-corrected chi connectivity index (χ3v) is 2.08. The van der Waals surface area contributed by atoms with Crippen molar-refractivity contribution < 1.29 is 23.1 Å². The molecular weight excluding hydrogens is 213 g/mol. The quantitative estimate of drug-likeness (QED) is 0.635. The van der Waals surface area contributed by atoms with E-state index in [0.717, 1.165) is 19.1 Å². The Kier molecular flexibility index (Phi) is 5.59. The summed E-state index contributed by atoms with van der Waals surface area (Å²) in [4.78, 5) is 11.3. The highest BCUT2D eigenvalue weighted by molar-refractivity contribution is 5.73. The molecule has 0 spiro atoms. The summed E-state index contributed by atoms with van der Waals surface area (Å²) < 4.78 is 31.7. The Balaban J connectivity index is 0.000000265. The summed E-state index contributed by atoms with van der Waals surface area (Å²) in [5.41, 5.74) is 0. The molecule has 7 heteroatoms. The molecule has 0 aromatic heterocycles. The Morgan fingerprint density at radius 1 is 1.53 bits per heavy atom. The minimum Gasteiger partial charge on any atom is -0.475 e. The normalized spacial score (nSPS) is 22.9. The minimum atomic E-state index is -5.08. The number of aliphatic carboxylic acids is 1. The van der Waals surface area contributed by atoms with E-state index in [-0.39, 0.29) is 0 Å². The summed E-state index contributed by atoms with van der Waals surface area (Å²) in [6, 6.07) is 0.726. The van der Waals surface area contributed by atoms with Crippen molar-refractivity contribution in [2.24, 2.45) is 0 Å². The van der Waals surface area contributed by atoms with Gasteiger partial charge in [-0.1, -0.05) is 0 Å². The highest BCUT2D eigenvalue weighted by atomic mass is 19.4. The summed E-state index contributed by atoms with van der Waals surface area (Å²) in [6.07, 6.45) is -5.08. The van der Waals surface area contributed by atoms with Gasteiger partial charge in [0.1, 0.15) is 0 Å². The molecule has 90 valence electrons. The highest BCUT2D eigenvalue weighted by Crippen LogP contribution is 2.13. The number of hydrogen-bond acceptors (Lipinski definition) is 3. The van der Waals surface area contributed by atoms with E-state index in [0.29, 0.717) is 0 Å². The summed E-state index contributed by atoms with van der Waals surface area (Å²) in [5.74, 6) is -2.76. The van der Waals surface area contributed by atoms with Gasteiger partial charge < -0.3 is 15.3 Å². The second-order valence-electron chi connectivity index (χ2n) is 3.34. The summed E-state index contributed by atoms with van der Waals surface area (Å²) in [7, 11) is 2.17. The van der Waals surface area contributed by atoms with Gasteiger partial charge in [0.15, 0.2) is 0 Å². The second kappa shape index (κ2) is 5.92. The number of hydrogen-bond donors (Lipinski definition) is 2. The van der Waals surface area contributed by atoms with Gasteiger partial charge in [-0.05, 0) is 14.0 Å². The van der Waals surface area contributed by atoms with E-state index in [1.54, 1.807) is 0 Å². The molecule has 0 unspecified atom stereocenters. The number of nitrogens with one attached hydrogen (secondary N) is 1. The average molecular weight is 228 g/mol. The van der Waals surface area contributed by atoms with Crippen LogP contribution in [0.4, 0.5) is 13.2 Å². The van der Waals surface area contributed by atoms with Crippen LogP contribution in [0.1, 0.15) is 6.92 Å². The van der Waals surface area contributed by atoms with Gasteiger partial charge in [0.05, 0.1) is 0 Å². The number of piperazine rings is 1. The Morgan fingerprint density at radius 2 is 2.00 bits per heavy atom. The molecule has 15 heavy (non-hydrogen) atoms. The molecule has 1 saturated heterocycles. The van der Waals surface area contributed by atoms with Crippen LogP contribution in [0, 0.1) is 0 Å². The molecule has 0 saturated carbocycles. The van der Waals surface area contributed by atoms with Crippen LogP contribution < -0.4 is 5.32 Å². The van der Waals surface area contributed by atoms with Crippen molar-refractivity contribution in [3.8, 4) is 0 Å². The zero-order valence-corrected chi connectivity index (χ0v) is 8.64. The maximum Gasteiger partial charge on any atom is 0.490 e. The first-order valence-corrected chi connectivity index (χ1v) is 4.46. The van der Waals surface area contributed by atoms with Gasteiger partial charge in [0, 0.05) is 25.7 Å². The van der Waals surface area contributed by atoms with Gasteiger partial charge in [-0.15, -0.1) is 0 Å². The second-order valence-corrected chi connectivity index (χ2v) is 3.34. The molecule has 1 fully saturated rings. The van der Waals surface area contributed by atoms with Crippen molar-refractivity contribution in [3.63, 3.8) is 0 Å². The summed E-state index contributed by atoms with van der Waals surface area (Å²) >= 11 is 0. The van der Waals surface area contributed by atoms with Gasteiger partial charge in [-0.2, -0.15) is 13.2 Å². The van der Waals surface area contributed by atoms with Crippen molar-refractivity contribution in [3.05, 3.63) is 0 Å². The first-order chi connectivity index (χ1) is 6.75. The van der Waals surface area contributed by atoms with Crippen LogP contribution in [0.15, 0.2) is 0 Å². The van der Waals surface area contributed by atoms with Crippen LogP contribution in [-0.2, 0) is 4.79 Å². The van der Waals surface area contributed by atoms with E-state index < -0.39 is 12.1 Å². The Hall–Kier alpha value is -0.820. The first kappa shape index (κ1) is 14.2. The Bertz CT molecular complexity index is 199. The predicted octanol–water partition coefficient (Wildman–Crippen LogP) is 0.543. The Labute approximate surface area is 86.1 Å². The largest absolute Gasteiger partial charge is 0.490 e. The third kappa shape index (κ3) is 6.29. The molecule has 0 aromatic carbocycles. The van der Waals surface area contributed by atoms with Gasteiger partial charge in [0.2, 0.25) is 0 Å². The molecule has 0 radical (unpaired) electrons. The van der Waals surface area contributed by atoms with Crippen LogP contribution in [0.25, 0.3) is 0 Å². The van der Waals surface area contributed by atoms with Crippen LogP contribution in [-0.4, -0.2) is 54.9 Å². The zero-order chi connectivity index (χ0) is 12.1. The number of rotatable bonds is 0. The van der Waals surface area contributed by atoms with E-state index in [1.165, 1.54) is 6.54 Å². The fraction of sp³-hybridized carbons (Fsp3) is 0.875. The lowest BCUT2D eigenvalue weighted by Gasteiger charge is -2.29. The maximum atomic E-state index is 10.6. The van der Waals surface area contributed by atoms with E-state index >= 15 is 0 Å². The fourth-order valence-electron chi connectivity index (χ4n) is 0.943. The fourth-order valence-corrected chi connectivity index (χ4v) is 0.943. The van der Waals surface area contributed by atoms with E-state index in [1.807, 2.05) is 0 Å². The predicted molar refractivity (Wildman–Crippen MR) is 48.7 cm³/mol. The van der Waals surface area contributed by atoms with Gasteiger partial charge in [-0.3, -0.25) is 0 Å². The lowest BCUT2D eigenvalue weighted by atomic mass is 10.2.